The van der Waals surface area contributed by atoms with Gasteiger partial charge < -0.3 is 14.6 Å². The van der Waals surface area contributed by atoms with Gasteiger partial charge >= 0.3 is 5.97 Å². The maximum Gasteiger partial charge on any atom is 0.336 e. The third kappa shape index (κ3) is 2.38. The molecule has 2 aromatic rings. The number of carboxylic acid groups (broad SMARTS) is 1. The van der Waals surface area contributed by atoms with Crippen LogP contribution in [0, 0.1) is 0 Å². The molecule has 0 spiro atoms. The molecule has 0 bridgehead atoms. The summed E-state index contributed by atoms with van der Waals surface area (Å²) in [6.45, 7) is 0. The van der Waals surface area contributed by atoms with Gasteiger partial charge in [-0.3, -0.25) is 0 Å². The number of aromatic carboxylic acids is 1. The Morgan fingerprint density at radius 1 is 0.947 bits per heavy atom. The van der Waals surface area contributed by atoms with E-state index in [1.165, 1.54) is 7.11 Å². The quantitative estimate of drug-likeness (QED) is 0.915. The Hall–Kier alpha value is -2.49. The summed E-state index contributed by atoms with van der Waals surface area (Å²) >= 11 is 0. The van der Waals surface area contributed by atoms with E-state index in [1.54, 1.807) is 43.5 Å². The number of para-hydroxylation sites is 1. The Morgan fingerprint density at radius 2 is 1.63 bits per heavy atom. The average molecular weight is 258 g/mol. The summed E-state index contributed by atoms with van der Waals surface area (Å²) in [6.07, 6.45) is 0. The summed E-state index contributed by atoms with van der Waals surface area (Å²) in [5.74, 6) is 0.124. The molecule has 0 saturated carbocycles. The molecule has 0 unspecified atom stereocenters. The van der Waals surface area contributed by atoms with Gasteiger partial charge in [-0.15, -0.1) is 0 Å². The second kappa shape index (κ2) is 5.44. The Morgan fingerprint density at radius 3 is 2.26 bits per heavy atom. The maximum absolute atomic E-state index is 11.3. The van der Waals surface area contributed by atoms with Gasteiger partial charge in [0.15, 0.2) is 11.5 Å². The molecule has 0 aliphatic heterocycles. The zero-order chi connectivity index (χ0) is 13.8. The molecule has 0 aromatic heterocycles. The summed E-state index contributed by atoms with van der Waals surface area (Å²) in [5.41, 5.74) is 1.53. The first-order valence-corrected chi connectivity index (χ1v) is 5.72. The minimum atomic E-state index is -0.972. The number of carboxylic acids is 1. The van der Waals surface area contributed by atoms with Crippen LogP contribution in [-0.2, 0) is 0 Å². The normalized spacial score (nSPS) is 10.0. The molecule has 0 heterocycles. The van der Waals surface area contributed by atoms with E-state index in [4.69, 9.17) is 9.47 Å². The van der Waals surface area contributed by atoms with Gasteiger partial charge in [-0.05, 0) is 12.1 Å². The molecular formula is C15H14O4. The van der Waals surface area contributed by atoms with Crippen LogP contribution < -0.4 is 9.47 Å². The number of hydrogen-bond donors (Lipinski definition) is 1. The lowest BCUT2D eigenvalue weighted by Gasteiger charge is -2.14. The Kier molecular flexibility index (Phi) is 3.71. The number of carbonyl (C=O) groups is 1. The molecule has 0 aliphatic carbocycles. The monoisotopic (exact) mass is 258 g/mol. The van der Waals surface area contributed by atoms with Crippen molar-refractivity contribution in [2.24, 2.45) is 0 Å². The number of ether oxygens (including phenoxy) is 2. The van der Waals surface area contributed by atoms with Gasteiger partial charge in [0, 0.05) is 11.1 Å². The van der Waals surface area contributed by atoms with Gasteiger partial charge in [-0.1, -0.05) is 30.3 Å². The highest BCUT2D eigenvalue weighted by Gasteiger charge is 2.16. The first-order valence-electron chi connectivity index (χ1n) is 5.72. The molecule has 4 nitrogen and oxygen atoms in total. The van der Waals surface area contributed by atoms with E-state index < -0.39 is 5.97 Å². The Labute approximate surface area is 111 Å². The van der Waals surface area contributed by atoms with Crippen molar-refractivity contribution in [3.05, 3.63) is 48.0 Å². The van der Waals surface area contributed by atoms with Crippen molar-refractivity contribution in [2.75, 3.05) is 14.2 Å². The maximum atomic E-state index is 11.3. The fourth-order valence-electron chi connectivity index (χ4n) is 2.00. The van der Waals surface area contributed by atoms with E-state index in [9.17, 15) is 9.90 Å². The molecular weight excluding hydrogens is 244 g/mol. The third-order valence-corrected chi connectivity index (χ3v) is 2.85. The largest absolute Gasteiger partial charge is 0.493 e. The lowest BCUT2D eigenvalue weighted by molar-refractivity contribution is 0.0697. The smallest absolute Gasteiger partial charge is 0.336 e. The lowest BCUT2D eigenvalue weighted by Crippen LogP contribution is -2.00. The van der Waals surface area contributed by atoms with Gasteiger partial charge in [0.1, 0.15) is 0 Å². The summed E-state index contributed by atoms with van der Waals surface area (Å²) in [6, 6.07) is 12.2. The second-order valence-electron chi connectivity index (χ2n) is 3.89. The summed E-state index contributed by atoms with van der Waals surface area (Å²) in [5, 5.41) is 9.24. The van der Waals surface area contributed by atoms with Crippen molar-refractivity contribution < 1.29 is 19.4 Å². The minimum Gasteiger partial charge on any atom is -0.493 e. The average Bonchev–Trinajstić information content (AvgIpc) is 2.46. The molecule has 0 amide bonds. The highest BCUT2D eigenvalue weighted by Crippen LogP contribution is 2.39. The molecule has 2 aromatic carbocycles. The van der Waals surface area contributed by atoms with Gasteiger partial charge in [-0.25, -0.2) is 4.79 Å². The van der Waals surface area contributed by atoms with Crippen LogP contribution in [0.4, 0.5) is 0 Å². The van der Waals surface area contributed by atoms with E-state index in [0.717, 1.165) is 0 Å². The zero-order valence-electron chi connectivity index (χ0n) is 10.7. The van der Waals surface area contributed by atoms with Gasteiger partial charge in [-0.2, -0.15) is 0 Å². The van der Waals surface area contributed by atoms with Crippen LogP contribution in [0.1, 0.15) is 10.4 Å². The standard InChI is InChI=1S/C15H14O4/c1-18-13-9-5-8-11(14(13)19-2)10-6-3-4-7-12(10)15(16)17/h3-9H,1-2H3,(H,16,17). The predicted molar refractivity (Wildman–Crippen MR) is 71.9 cm³/mol. The molecule has 0 radical (unpaired) electrons. The Bertz CT molecular complexity index is 605. The first-order chi connectivity index (χ1) is 9.19. The number of methoxy groups -OCH3 is 2. The van der Waals surface area contributed by atoms with E-state index in [1.807, 2.05) is 6.07 Å². The highest BCUT2D eigenvalue weighted by molar-refractivity contribution is 5.97. The van der Waals surface area contributed by atoms with Crippen LogP contribution in [0.5, 0.6) is 11.5 Å². The molecule has 0 aliphatic rings. The van der Waals surface area contributed by atoms with Crippen LogP contribution in [0.15, 0.2) is 42.5 Å². The van der Waals surface area contributed by atoms with E-state index in [-0.39, 0.29) is 5.56 Å². The fourth-order valence-corrected chi connectivity index (χ4v) is 2.00. The second-order valence-corrected chi connectivity index (χ2v) is 3.89. The molecule has 19 heavy (non-hydrogen) atoms. The van der Waals surface area contributed by atoms with Crippen LogP contribution in [-0.4, -0.2) is 25.3 Å². The van der Waals surface area contributed by atoms with E-state index in [2.05, 4.69) is 0 Å². The van der Waals surface area contributed by atoms with Crippen molar-refractivity contribution in [3.63, 3.8) is 0 Å². The van der Waals surface area contributed by atoms with Crippen molar-refractivity contribution in [2.45, 2.75) is 0 Å². The van der Waals surface area contributed by atoms with E-state index >= 15 is 0 Å². The summed E-state index contributed by atoms with van der Waals surface area (Å²) in [7, 11) is 3.08. The molecule has 0 atom stereocenters. The van der Waals surface area contributed by atoms with Crippen LogP contribution in [0.3, 0.4) is 0 Å². The van der Waals surface area contributed by atoms with Crippen molar-refractivity contribution in [1.82, 2.24) is 0 Å². The van der Waals surface area contributed by atoms with Crippen molar-refractivity contribution in [1.29, 1.82) is 0 Å². The molecule has 4 heteroatoms. The topological polar surface area (TPSA) is 55.8 Å². The minimum absolute atomic E-state index is 0.231. The molecule has 1 N–H and O–H groups in total. The SMILES string of the molecule is COc1cccc(-c2ccccc2C(=O)O)c1OC. The summed E-state index contributed by atoms with van der Waals surface area (Å²) in [4.78, 5) is 11.3. The molecule has 2 rings (SSSR count). The fraction of sp³-hybridized carbons (Fsp3) is 0.133. The predicted octanol–water partition coefficient (Wildman–Crippen LogP) is 3.07. The van der Waals surface area contributed by atoms with Crippen LogP contribution in [0.2, 0.25) is 0 Å². The van der Waals surface area contributed by atoms with Gasteiger partial charge in [0.05, 0.1) is 19.8 Å². The molecule has 0 saturated heterocycles. The first kappa shape index (κ1) is 13.0. The van der Waals surface area contributed by atoms with Crippen molar-refractivity contribution in [3.8, 4) is 22.6 Å². The van der Waals surface area contributed by atoms with E-state index in [0.29, 0.717) is 22.6 Å². The number of hydrogen-bond acceptors (Lipinski definition) is 3. The van der Waals surface area contributed by atoms with Crippen LogP contribution in [0.25, 0.3) is 11.1 Å². The molecule has 98 valence electrons. The number of rotatable bonds is 4. The highest BCUT2D eigenvalue weighted by atomic mass is 16.5. The van der Waals surface area contributed by atoms with Gasteiger partial charge in [0.2, 0.25) is 0 Å². The summed E-state index contributed by atoms with van der Waals surface area (Å²) < 4.78 is 10.6. The van der Waals surface area contributed by atoms with Gasteiger partial charge in [0.25, 0.3) is 0 Å². The number of benzene rings is 2. The third-order valence-electron chi connectivity index (χ3n) is 2.85. The lowest BCUT2D eigenvalue weighted by atomic mass is 9.98. The zero-order valence-corrected chi connectivity index (χ0v) is 10.7. The molecule has 0 fully saturated rings. The van der Waals surface area contributed by atoms with Crippen molar-refractivity contribution >= 4 is 5.97 Å². The van der Waals surface area contributed by atoms with Crippen LogP contribution >= 0.6 is 0 Å². The Balaban J connectivity index is 2.69.